The number of carbonyl (C=O) groups excluding carboxylic acids is 1. The number of halogens is 1. The molecule has 1 aromatic carbocycles. The van der Waals surface area contributed by atoms with E-state index < -0.39 is 29.4 Å². The smallest absolute Gasteiger partial charge is 0.339 e. The van der Waals surface area contributed by atoms with Crippen molar-refractivity contribution < 1.29 is 28.6 Å². The van der Waals surface area contributed by atoms with E-state index in [1.165, 1.54) is 0 Å². The summed E-state index contributed by atoms with van der Waals surface area (Å²) in [5, 5.41) is 8.96. The van der Waals surface area contributed by atoms with Crippen molar-refractivity contribution in [3.63, 3.8) is 0 Å². The molecule has 0 radical (unpaired) electrons. The monoisotopic (exact) mass is 299 g/mol. The molecule has 0 aliphatic carbocycles. The first kappa shape index (κ1) is 16.9. The van der Waals surface area contributed by atoms with Crippen molar-refractivity contribution in [1.29, 1.82) is 0 Å². The minimum Gasteiger partial charge on any atom is -0.490 e. The molecule has 0 heterocycles. The number of hydrogen-bond acceptors (Lipinski definition) is 5. The van der Waals surface area contributed by atoms with Crippen LogP contribution in [0.4, 0.5) is 4.39 Å². The van der Waals surface area contributed by atoms with Crippen LogP contribution < -0.4 is 10.5 Å². The molecule has 0 aromatic heterocycles. The Hall–Kier alpha value is -2.15. The van der Waals surface area contributed by atoms with Crippen LogP contribution in [0.5, 0.6) is 5.75 Å². The van der Waals surface area contributed by atoms with E-state index >= 15 is 0 Å². The zero-order valence-corrected chi connectivity index (χ0v) is 12.1. The fourth-order valence-electron chi connectivity index (χ4n) is 1.42. The Kier molecular flexibility index (Phi) is 5.26. The lowest BCUT2D eigenvalue weighted by Crippen LogP contribution is -2.41. The summed E-state index contributed by atoms with van der Waals surface area (Å²) >= 11 is 0. The number of nitrogens with two attached hydrogens (primary N) is 1. The minimum absolute atomic E-state index is 0.193. The molecule has 1 unspecified atom stereocenters. The highest BCUT2D eigenvalue weighted by molar-refractivity contribution is 5.90. The maximum absolute atomic E-state index is 13.1. The number of rotatable bonds is 5. The lowest BCUT2D eigenvalue weighted by molar-refractivity contribution is -0.157. The van der Waals surface area contributed by atoms with Gasteiger partial charge in [0, 0.05) is 6.07 Å². The highest BCUT2D eigenvalue weighted by Crippen LogP contribution is 2.20. The number of carboxylic acid groups (broad SMARTS) is 1. The number of carboxylic acids is 1. The standard InChI is InChI=1S/C14H18FNO5/c1-14(2,3)21-13(19)10(16)7-20-11-6-8(15)4-5-9(11)12(17)18/h4-6,10H,7,16H2,1-3H3,(H,17,18). The minimum atomic E-state index is -1.27. The van der Waals surface area contributed by atoms with Gasteiger partial charge in [0.15, 0.2) is 0 Å². The molecule has 0 fully saturated rings. The Morgan fingerprint density at radius 1 is 1.38 bits per heavy atom. The summed E-state index contributed by atoms with van der Waals surface area (Å²) in [6.07, 6.45) is 0. The van der Waals surface area contributed by atoms with Gasteiger partial charge in [0.25, 0.3) is 0 Å². The summed E-state index contributed by atoms with van der Waals surface area (Å²) in [5.41, 5.74) is 4.69. The molecule has 1 aromatic rings. The molecule has 0 amide bonds. The van der Waals surface area contributed by atoms with Crippen molar-refractivity contribution in [3.8, 4) is 5.75 Å². The Balaban J connectivity index is 2.73. The predicted molar refractivity (Wildman–Crippen MR) is 72.7 cm³/mol. The first-order valence-electron chi connectivity index (χ1n) is 6.24. The van der Waals surface area contributed by atoms with E-state index in [0.717, 1.165) is 18.2 Å². The van der Waals surface area contributed by atoms with Gasteiger partial charge in [0.05, 0.1) is 0 Å². The molecule has 0 saturated carbocycles. The van der Waals surface area contributed by atoms with Crippen LogP contribution in [0, 0.1) is 5.82 Å². The number of benzene rings is 1. The number of ether oxygens (including phenoxy) is 2. The molecule has 0 aliphatic heterocycles. The maximum atomic E-state index is 13.1. The van der Waals surface area contributed by atoms with Gasteiger partial charge in [0.1, 0.15) is 35.4 Å². The van der Waals surface area contributed by atoms with E-state index in [1.54, 1.807) is 20.8 Å². The topological polar surface area (TPSA) is 98.9 Å². The highest BCUT2D eigenvalue weighted by atomic mass is 19.1. The summed E-state index contributed by atoms with van der Waals surface area (Å²) in [5.74, 6) is -2.80. The molecule has 0 aliphatic rings. The number of carbonyl (C=O) groups is 2. The fraction of sp³-hybridized carbons (Fsp3) is 0.429. The van der Waals surface area contributed by atoms with Crippen LogP contribution in [-0.4, -0.2) is 35.3 Å². The lowest BCUT2D eigenvalue weighted by Gasteiger charge is -2.22. The van der Waals surface area contributed by atoms with Gasteiger partial charge < -0.3 is 20.3 Å². The van der Waals surface area contributed by atoms with Crippen LogP contribution in [0.1, 0.15) is 31.1 Å². The second-order valence-corrected chi connectivity index (χ2v) is 5.40. The summed E-state index contributed by atoms with van der Waals surface area (Å²) in [6.45, 7) is 4.74. The van der Waals surface area contributed by atoms with E-state index in [2.05, 4.69) is 0 Å². The Labute approximate surface area is 121 Å². The zero-order chi connectivity index (χ0) is 16.2. The molecular formula is C14H18FNO5. The Morgan fingerprint density at radius 3 is 2.52 bits per heavy atom. The van der Waals surface area contributed by atoms with Gasteiger partial charge in [-0.1, -0.05) is 0 Å². The van der Waals surface area contributed by atoms with Gasteiger partial charge >= 0.3 is 11.9 Å². The third-order valence-electron chi connectivity index (χ3n) is 2.30. The first-order chi connectivity index (χ1) is 9.60. The van der Waals surface area contributed by atoms with Crippen LogP contribution in [0.15, 0.2) is 18.2 Å². The normalized spacial score (nSPS) is 12.6. The number of aromatic carboxylic acids is 1. The van der Waals surface area contributed by atoms with Gasteiger partial charge in [-0.3, -0.25) is 4.79 Å². The van der Waals surface area contributed by atoms with Crippen LogP contribution in [0.2, 0.25) is 0 Å². The summed E-state index contributed by atoms with van der Waals surface area (Å²) < 4.78 is 23.3. The predicted octanol–water partition coefficient (Wildman–Crippen LogP) is 1.57. The quantitative estimate of drug-likeness (QED) is 0.801. The molecule has 0 bridgehead atoms. The van der Waals surface area contributed by atoms with Crippen molar-refractivity contribution in [1.82, 2.24) is 0 Å². The molecule has 3 N–H and O–H groups in total. The fourth-order valence-corrected chi connectivity index (χ4v) is 1.42. The largest absolute Gasteiger partial charge is 0.490 e. The van der Waals surface area contributed by atoms with E-state index in [4.69, 9.17) is 20.3 Å². The van der Waals surface area contributed by atoms with Crippen LogP contribution in [0.25, 0.3) is 0 Å². The molecule has 116 valence electrons. The van der Waals surface area contributed by atoms with Crippen LogP contribution in [-0.2, 0) is 9.53 Å². The van der Waals surface area contributed by atoms with E-state index in [9.17, 15) is 14.0 Å². The number of esters is 1. The lowest BCUT2D eigenvalue weighted by atomic mass is 10.2. The highest BCUT2D eigenvalue weighted by Gasteiger charge is 2.23. The molecule has 7 heteroatoms. The van der Waals surface area contributed by atoms with E-state index in [-0.39, 0.29) is 17.9 Å². The van der Waals surface area contributed by atoms with Crippen LogP contribution >= 0.6 is 0 Å². The number of hydrogen-bond donors (Lipinski definition) is 2. The molecular weight excluding hydrogens is 281 g/mol. The molecule has 21 heavy (non-hydrogen) atoms. The summed E-state index contributed by atoms with van der Waals surface area (Å²) in [6, 6.07) is 1.90. The average Bonchev–Trinajstić information content (AvgIpc) is 2.33. The SMILES string of the molecule is CC(C)(C)OC(=O)C(N)COc1cc(F)ccc1C(=O)O. The van der Waals surface area contributed by atoms with Gasteiger partial charge in [-0.05, 0) is 32.9 Å². The van der Waals surface area contributed by atoms with Gasteiger partial charge in [-0.2, -0.15) is 0 Å². The van der Waals surface area contributed by atoms with Crippen molar-refractivity contribution >= 4 is 11.9 Å². The second kappa shape index (κ2) is 6.53. The molecule has 0 saturated heterocycles. The molecule has 6 nitrogen and oxygen atoms in total. The summed E-state index contributed by atoms with van der Waals surface area (Å²) in [4.78, 5) is 22.6. The maximum Gasteiger partial charge on any atom is 0.339 e. The molecule has 1 rings (SSSR count). The van der Waals surface area contributed by atoms with E-state index in [1.807, 2.05) is 0 Å². The first-order valence-corrected chi connectivity index (χ1v) is 6.24. The molecule has 0 spiro atoms. The van der Waals surface area contributed by atoms with Crippen molar-refractivity contribution in [2.75, 3.05) is 6.61 Å². The third kappa shape index (κ3) is 5.39. The van der Waals surface area contributed by atoms with Gasteiger partial charge in [-0.15, -0.1) is 0 Å². The van der Waals surface area contributed by atoms with Crippen LogP contribution in [0.3, 0.4) is 0 Å². The Morgan fingerprint density at radius 2 is 2.00 bits per heavy atom. The van der Waals surface area contributed by atoms with E-state index in [0.29, 0.717) is 0 Å². The second-order valence-electron chi connectivity index (χ2n) is 5.40. The Bertz CT molecular complexity index is 539. The van der Waals surface area contributed by atoms with Crippen molar-refractivity contribution in [2.24, 2.45) is 5.73 Å². The average molecular weight is 299 g/mol. The van der Waals surface area contributed by atoms with Crippen molar-refractivity contribution in [2.45, 2.75) is 32.4 Å². The molecule has 1 atom stereocenters. The van der Waals surface area contributed by atoms with Gasteiger partial charge in [0.2, 0.25) is 0 Å². The van der Waals surface area contributed by atoms with Crippen molar-refractivity contribution in [3.05, 3.63) is 29.6 Å². The zero-order valence-electron chi connectivity index (χ0n) is 12.1. The summed E-state index contributed by atoms with van der Waals surface area (Å²) in [7, 11) is 0. The third-order valence-corrected chi connectivity index (χ3v) is 2.30. The van der Waals surface area contributed by atoms with Gasteiger partial charge in [-0.25, -0.2) is 9.18 Å².